The van der Waals surface area contributed by atoms with Gasteiger partial charge in [0.05, 0.1) is 37.7 Å². The number of H-pyrrole nitrogens is 1. The van der Waals surface area contributed by atoms with E-state index in [1.165, 1.54) is 35.9 Å². The summed E-state index contributed by atoms with van der Waals surface area (Å²) >= 11 is 0. The smallest absolute Gasteiger partial charge is 0.197 e. The normalized spacial score (nSPS) is 21.8. The van der Waals surface area contributed by atoms with Gasteiger partial charge in [0.15, 0.2) is 11.4 Å². The van der Waals surface area contributed by atoms with Crippen LogP contribution in [0.15, 0.2) is 30.9 Å². The quantitative estimate of drug-likeness (QED) is 0.476. The molecule has 1 saturated heterocycles. The van der Waals surface area contributed by atoms with Gasteiger partial charge in [0.25, 0.3) is 0 Å². The van der Waals surface area contributed by atoms with E-state index in [4.69, 9.17) is 14.5 Å². The standard InChI is InChI=1S/C26H32N6O2/c1-16(2)24-20-12-21(17-4-5-19(10-17)31-6-8-34-9-7-31)27-13-22(20)30-25(24)18-11-23(33-3)26-28-15-29-32(26)14-18/h11-17,19,30H,4-10H2,1-3H3. The summed E-state index contributed by atoms with van der Waals surface area (Å²) < 4.78 is 12.9. The number of hydrogen-bond acceptors (Lipinski definition) is 6. The first-order valence-corrected chi connectivity index (χ1v) is 12.3. The van der Waals surface area contributed by atoms with E-state index in [0.717, 1.165) is 43.1 Å². The molecule has 0 amide bonds. The molecule has 2 fully saturated rings. The van der Waals surface area contributed by atoms with Crippen LogP contribution in [0.5, 0.6) is 5.75 Å². The molecule has 34 heavy (non-hydrogen) atoms. The van der Waals surface area contributed by atoms with Gasteiger partial charge in [-0.3, -0.25) is 9.88 Å². The van der Waals surface area contributed by atoms with Crippen molar-refractivity contribution in [3.8, 4) is 17.0 Å². The van der Waals surface area contributed by atoms with E-state index in [1.54, 1.807) is 18.0 Å². The third-order valence-corrected chi connectivity index (χ3v) is 7.56. The fraction of sp³-hybridized carbons (Fsp3) is 0.500. The van der Waals surface area contributed by atoms with Gasteiger partial charge in [-0.25, -0.2) is 9.50 Å². The largest absolute Gasteiger partial charge is 0.493 e. The second-order valence-electron chi connectivity index (χ2n) is 9.86. The van der Waals surface area contributed by atoms with E-state index in [0.29, 0.717) is 29.3 Å². The van der Waals surface area contributed by atoms with E-state index in [2.05, 4.69) is 39.9 Å². The van der Waals surface area contributed by atoms with Crippen molar-refractivity contribution in [1.82, 2.24) is 29.5 Å². The number of nitrogens with one attached hydrogen (secondary N) is 1. The number of pyridine rings is 2. The molecular weight excluding hydrogens is 428 g/mol. The van der Waals surface area contributed by atoms with Crippen LogP contribution in [0.4, 0.5) is 0 Å². The van der Waals surface area contributed by atoms with Gasteiger partial charge in [0, 0.05) is 47.9 Å². The Morgan fingerprint density at radius 3 is 2.79 bits per heavy atom. The van der Waals surface area contributed by atoms with Gasteiger partial charge in [0.1, 0.15) is 6.33 Å². The number of hydrogen-bond donors (Lipinski definition) is 1. The van der Waals surface area contributed by atoms with Gasteiger partial charge in [0.2, 0.25) is 0 Å². The molecule has 2 unspecified atom stereocenters. The van der Waals surface area contributed by atoms with Crippen LogP contribution in [-0.2, 0) is 4.74 Å². The number of ether oxygens (including phenoxy) is 2. The molecule has 0 spiro atoms. The highest BCUT2D eigenvalue weighted by Crippen LogP contribution is 2.41. The summed E-state index contributed by atoms with van der Waals surface area (Å²) in [4.78, 5) is 15.5. The molecule has 1 saturated carbocycles. The Morgan fingerprint density at radius 1 is 1.15 bits per heavy atom. The minimum absolute atomic E-state index is 0.348. The summed E-state index contributed by atoms with van der Waals surface area (Å²) in [6.07, 6.45) is 9.23. The third kappa shape index (κ3) is 3.65. The van der Waals surface area contributed by atoms with Crippen LogP contribution in [0.1, 0.15) is 56.2 Å². The average molecular weight is 461 g/mol. The number of nitrogens with zero attached hydrogens (tertiary/aromatic N) is 5. The lowest BCUT2D eigenvalue weighted by atomic mass is 9.95. The maximum Gasteiger partial charge on any atom is 0.197 e. The van der Waals surface area contributed by atoms with Crippen molar-refractivity contribution in [3.63, 3.8) is 0 Å². The summed E-state index contributed by atoms with van der Waals surface area (Å²) in [6.45, 7) is 8.34. The summed E-state index contributed by atoms with van der Waals surface area (Å²) in [5, 5.41) is 5.61. The lowest BCUT2D eigenvalue weighted by Crippen LogP contribution is -2.42. The molecule has 1 aliphatic heterocycles. The predicted molar refractivity (Wildman–Crippen MR) is 131 cm³/mol. The summed E-state index contributed by atoms with van der Waals surface area (Å²) in [5.74, 6) is 1.57. The molecule has 0 bridgehead atoms. The van der Waals surface area contributed by atoms with Gasteiger partial charge in [-0.1, -0.05) is 13.8 Å². The van der Waals surface area contributed by atoms with E-state index in [-0.39, 0.29) is 0 Å². The molecule has 1 N–H and O–H groups in total. The van der Waals surface area contributed by atoms with Crippen molar-refractivity contribution in [2.45, 2.75) is 51.0 Å². The molecule has 5 heterocycles. The molecule has 4 aromatic heterocycles. The molecule has 8 heteroatoms. The van der Waals surface area contributed by atoms with E-state index < -0.39 is 0 Å². The lowest BCUT2D eigenvalue weighted by Gasteiger charge is -2.32. The van der Waals surface area contributed by atoms with Crippen molar-refractivity contribution in [3.05, 3.63) is 42.1 Å². The Hall–Kier alpha value is -2.97. The topological polar surface area (TPSA) is 80.6 Å². The Balaban J connectivity index is 1.37. The van der Waals surface area contributed by atoms with Gasteiger partial charge in [-0.2, -0.15) is 5.10 Å². The fourth-order valence-electron chi connectivity index (χ4n) is 5.86. The predicted octanol–water partition coefficient (Wildman–Crippen LogP) is 4.37. The Bertz CT molecular complexity index is 1320. The van der Waals surface area contributed by atoms with Gasteiger partial charge >= 0.3 is 0 Å². The maximum atomic E-state index is 5.61. The first-order chi connectivity index (χ1) is 16.6. The fourth-order valence-corrected chi connectivity index (χ4v) is 5.86. The zero-order valence-corrected chi connectivity index (χ0v) is 20.1. The molecule has 2 atom stereocenters. The number of aromatic nitrogens is 5. The number of methoxy groups -OCH3 is 1. The molecule has 178 valence electrons. The van der Waals surface area contributed by atoms with Crippen molar-refractivity contribution in [1.29, 1.82) is 0 Å². The number of aromatic amines is 1. The average Bonchev–Trinajstić information content (AvgIpc) is 3.61. The van der Waals surface area contributed by atoms with Gasteiger partial charge < -0.3 is 14.5 Å². The number of rotatable bonds is 5. The van der Waals surface area contributed by atoms with Crippen LogP contribution in [0, 0.1) is 0 Å². The molecule has 0 aromatic carbocycles. The third-order valence-electron chi connectivity index (χ3n) is 7.56. The first-order valence-electron chi connectivity index (χ1n) is 12.3. The van der Waals surface area contributed by atoms with Crippen LogP contribution in [0.2, 0.25) is 0 Å². The second kappa shape index (κ2) is 8.67. The Kier molecular flexibility index (Phi) is 5.50. The zero-order chi connectivity index (χ0) is 23.2. The van der Waals surface area contributed by atoms with Crippen LogP contribution >= 0.6 is 0 Å². The van der Waals surface area contributed by atoms with Crippen LogP contribution < -0.4 is 4.74 Å². The Morgan fingerprint density at radius 2 is 2.00 bits per heavy atom. The highest BCUT2D eigenvalue weighted by molar-refractivity contribution is 5.91. The number of morpholine rings is 1. The summed E-state index contributed by atoms with van der Waals surface area (Å²) in [5.41, 5.74) is 6.45. The monoisotopic (exact) mass is 460 g/mol. The molecule has 1 aliphatic carbocycles. The molecule has 8 nitrogen and oxygen atoms in total. The minimum Gasteiger partial charge on any atom is -0.493 e. The van der Waals surface area contributed by atoms with E-state index >= 15 is 0 Å². The van der Waals surface area contributed by atoms with Crippen molar-refractivity contribution in [2.24, 2.45) is 0 Å². The summed E-state index contributed by atoms with van der Waals surface area (Å²) in [7, 11) is 1.67. The highest BCUT2D eigenvalue weighted by Gasteiger charge is 2.32. The second-order valence-corrected chi connectivity index (χ2v) is 9.86. The maximum absolute atomic E-state index is 5.61. The van der Waals surface area contributed by atoms with Gasteiger partial charge in [-0.15, -0.1) is 0 Å². The van der Waals surface area contributed by atoms with E-state index in [1.807, 2.05) is 18.5 Å². The highest BCUT2D eigenvalue weighted by atomic mass is 16.5. The summed E-state index contributed by atoms with van der Waals surface area (Å²) in [6, 6.07) is 5.03. The molecule has 0 radical (unpaired) electrons. The molecule has 4 aromatic rings. The van der Waals surface area contributed by atoms with Crippen molar-refractivity contribution in [2.75, 3.05) is 33.4 Å². The van der Waals surface area contributed by atoms with Crippen molar-refractivity contribution >= 4 is 16.6 Å². The molecule has 2 aliphatic rings. The SMILES string of the molecule is COc1cc(-c2[nH]c3cnc(C4CCC(N5CCOCC5)C4)cc3c2C(C)C)cn2ncnc12. The van der Waals surface area contributed by atoms with Crippen LogP contribution in [0.25, 0.3) is 27.8 Å². The minimum atomic E-state index is 0.348. The van der Waals surface area contributed by atoms with E-state index in [9.17, 15) is 0 Å². The van der Waals surface area contributed by atoms with Crippen molar-refractivity contribution < 1.29 is 9.47 Å². The van der Waals surface area contributed by atoms with Gasteiger partial charge in [-0.05, 0) is 42.9 Å². The first kappa shape index (κ1) is 21.6. The Labute approximate surface area is 199 Å². The zero-order valence-electron chi connectivity index (χ0n) is 20.1. The van der Waals surface area contributed by atoms with Crippen LogP contribution in [0.3, 0.4) is 0 Å². The van der Waals surface area contributed by atoms with Crippen LogP contribution in [-0.4, -0.2) is 68.9 Å². The molecular formula is C26H32N6O2. The lowest BCUT2D eigenvalue weighted by molar-refractivity contribution is 0.0177. The number of fused-ring (bicyclic) bond motifs is 2. The molecule has 6 rings (SSSR count).